The van der Waals surface area contributed by atoms with Crippen molar-refractivity contribution in [3.05, 3.63) is 33.7 Å². The summed E-state index contributed by atoms with van der Waals surface area (Å²) in [6.45, 7) is 8.53. The number of piperidine rings is 1. The molecule has 1 aromatic rings. The van der Waals surface area contributed by atoms with Crippen molar-refractivity contribution in [2.24, 2.45) is 5.92 Å². The van der Waals surface area contributed by atoms with Crippen molar-refractivity contribution in [3.8, 4) is 0 Å². The number of hydrogen-bond acceptors (Lipinski definition) is 4. The number of rotatable bonds is 7. The van der Waals surface area contributed by atoms with Gasteiger partial charge in [0.25, 0.3) is 11.5 Å². The Balaban J connectivity index is 1.90. The third kappa shape index (κ3) is 5.41. The SMILES string of the molecule is COCCN1CCC(CN(C)C(=O)c2ccc(C(C)C)[nH]c2=O)CC1. The van der Waals surface area contributed by atoms with Crippen molar-refractivity contribution in [1.29, 1.82) is 0 Å². The summed E-state index contributed by atoms with van der Waals surface area (Å²) in [5.41, 5.74) is 0.787. The van der Waals surface area contributed by atoms with Crippen LogP contribution < -0.4 is 5.56 Å². The molecule has 2 heterocycles. The van der Waals surface area contributed by atoms with E-state index >= 15 is 0 Å². The van der Waals surface area contributed by atoms with Crippen LogP contribution in [0.4, 0.5) is 0 Å². The molecule has 0 aliphatic carbocycles. The number of aromatic nitrogens is 1. The van der Waals surface area contributed by atoms with Crippen LogP contribution in [-0.2, 0) is 4.74 Å². The Labute approximate surface area is 150 Å². The first-order valence-electron chi connectivity index (χ1n) is 9.12. The first-order chi connectivity index (χ1) is 11.9. The molecule has 1 N–H and O–H groups in total. The molecule has 6 heteroatoms. The fraction of sp³-hybridized carbons (Fsp3) is 0.684. The minimum atomic E-state index is -0.294. The second-order valence-corrected chi connectivity index (χ2v) is 7.27. The fourth-order valence-electron chi connectivity index (χ4n) is 3.28. The summed E-state index contributed by atoms with van der Waals surface area (Å²) in [5.74, 6) is 0.526. The normalized spacial score (nSPS) is 16.4. The molecular formula is C19H31N3O3. The van der Waals surface area contributed by atoms with Crippen LogP contribution in [0.5, 0.6) is 0 Å². The number of carbonyl (C=O) groups is 1. The minimum Gasteiger partial charge on any atom is -0.383 e. The van der Waals surface area contributed by atoms with Crippen LogP contribution in [0, 0.1) is 5.92 Å². The molecule has 25 heavy (non-hydrogen) atoms. The van der Waals surface area contributed by atoms with E-state index in [4.69, 9.17) is 4.74 Å². The number of aromatic amines is 1. The monoisotopic (exact) mass is 349 g/mol. The number of pyridine rings is 1. The van der Waals surface area contributed by atoms with E-state index in [1.807, 2.05) is 19.9 Å². The summed E-state index contributed by atoms with van der Waals surface area (Å²) in [6, 6.07) is 3.49. The van der Waals surface area contributed by atoms with Crippen LogP contribution >= 0.6 is 0 Å². The minimum absolute atomic E-state index is 0.196. The van der Waals surface area contributed by atoms with Crippen LogP contribution in [-0.4, -0.2) is 67.6 Å². The zero-order valence-corrected chi connectivity index (χ0v) is 15.9. The Morgan fingerprint density at radius 2 is 2.04 bits per heavy atom. The van der Waals surface area contributed by atoms with Gasteiger partial charge in [0.15, 0.2) is 0 Å². The molecular weight excluding hydrogens is 318 g/mol. The van der Waals surface area contributed by atoms with E-state index in [-0.39, 0.29) is 22.9 Å². The van der Waals surface area contributed by atoms with Gasteiger partial charge in [0.1, 0.15) is 5.56 Å². The number of carbonyl (C=O) groups excluding carboxylic acids is 1. The maximum atomic E-state index is 12.6. The highest BCUT2D eigenvalue weighted by molar-refractivity contribution is 5.93. The van der Waals surface area contributed by atoms with E-state index < -0.39 is 0 Å². The lowest BCUT2D eigenvalue weighted by Gasteiger charge is -2.33. The quantitative estimate of drug-likeness (QED) is 0.817. The molecule has 0 spiro atoms. The molecule has 1 aromatic heterocycles. The molecule has 1 aliphatic heterocycles. The van der Waals surface area contributed by atoms with Gasteiger partial charge in [-0.1, -0.05) is 13.8 Å². The lowest BCUT2D eigenvalue weighted by molar-refractivity contribution is 0.0722. The van der Waals surface area contributed by atoms with Crippen molar-refractivity contribution in [2.75, 3.05) is 46.9 Å². The van der Waals surface area contributed by atoms with Gasteiger partial charge in [0, 0.05) is 32.9 Å². The van der Waals surface area contributed by atoms with Crippen LogP contribution in [0.2, 0.25) is 0 Å². The van der Waals surface area contributed by atoms with E-state index in [0.29, 0.717) is 12.5 Å². The summed E-state index contributed by atoms with van der Waals surface area (Å²) >= 11 is 0. The number of amides is 1. The molecule has 1 aliphatic rings. The van der Waals surface area contributed by atoms with E-state index in [0.717, 1.165) is 44.8 Å². The third-order valence-corrected chi connectivity index (χ3v) is 4.98. The average Bonchev–Trinajstić information content (AvgIpc) is 2.60. The Morgan fingerprint density at radius 3 is 2.60 bits per heavy atom. The molecule has 1 fully saturated rings. The fourth-order valence-corrected chi connectivity index (χ4v) is 3.28. The average molecular weight is 349 g/mol. The van der Waals surface area contributed by atoms with Gasteiger partial charge in [-0.15, -0.1) is 0 Å². The molecule has 0 bridgehead atoms. The lowest BCUT2D eigenvalue weighted by Crippen LogP contribution is -2.41. The lowest BCUT2D eigenvalue weighted by atomic mass is 9.96. The molecule has 0 radical (unpaired) electrons. The van der Waals surface area contributed by atoms with E-state index in [2.05, 4.69) is 9.88 Å². The van der Waals surface area contributed by atoms with Gasteiger partial charge < -0.3 is 19.5 Å². The highest BCUT2D eigenvalue weighted by Crippen LogP contribution is 2.18. The molecule has 0 aromatic carbocycles. The third-order valence-electron chi connectivity index (χ3n) is 4.98. The van der Waals surface area contributed by atoms with Crippen LogP contribution in [0.3, 0.4) is 0 Å². The van der Waals surface area contributed by atoms with Gasteiger partial charge >= 0.3 is 0 Å². The van der Waals surface area contributed by atoms with Gasteiger partial charge in [0.2, 0.25) is 0 Å². The maximum absolute atomic E-state index is 12.6. The Hall–Kier alpha value is -1.66. The van der Waals surface area contributed by atoms with Gasteiger partial charge in [-0.25, -0.2) is 0 Å². The highest BCUT2D eigenvalue weighted by Gasteiger charge is 2.23. The zero-order valence-electron chi connectivity index (χ0n) is 15.9. The number of methoxy groups -OCH3 is 1. The molecule has 1 saturated heterocycles. The Bertz CT molecular complexity index is 619. The molecule has 0 atom stereocenters. The standard InChI is InChI=1S/C19H31N3O3/c1-14(2)17-6-5-16(18(23)20-17)19(24)21(3)13-15-7-9-22(10-8-15)11-12-25-4/h5-6,14-15H,7-13H2,1-4H3,(H,20,23). The van der Waals surface area contributed by atoms with Crippen molar-refractivity contribution in [1.82, 2.24) is 14.8 Å². The maximum Gasteiger partial charge on any atom is 0.261 e. The highest BCUT2D eigenvalue weighted by atomic mass is 16.5. The van der Waals surface area contributed by atoms with E-state index in [1.165, 1.54) is 0 Å². The smallest absolute Gasteiger partial charge is 0.261 e. The number of hydrogen-bond donors (Lipinski definition) is 1. The van der Waals surface area contributed by atoms with Gasteiger partial charge in [0.05, 0.1) is 6.61 Å². The van der Waals surface area contributed by atoms with Crippen molar-refractivity contribution in [2.45, 2.75) is 32.6 Å². The summed E-state index contributed by atoms with van der Waals surface area (Å²) in [7, 11) is 3.51. The molecule has 2 rings (SSSR count). The Morgan fingerprint density at radius 1 is 1.36 bits per heavy atom. The van der Waals surface area contributed by atoms with Gasteiger partial charge in [-0.05, 0) is 49.9 Å². The molecule has 0 saturated carbocycles. The summed E-state index contributed by atoms with van der Waals surface area (Å²) in [6.07, 6.45) is 2.15. The summed E-state index contributed by atoms with van der Waals surface area (Å²) < 4.78 is 5.12. The largest absolute Gasteiger partial charge is 0.383 e. The molecule has 6 nitrogen and oxygen atoms in total. The number of H-pyrrole nitrogens is 1. The second kappa shape index (κ2) is 9.15. The molecule has 0 unspecified atom stereocenters. The first-order valence-corrected chi connectivity index (χ1v) is 9.12. The van der Waals surface area contributed by atoms with E-state index in [1.54, 1.807) is 25.1 Å². The number of nitrogens with zero attached hydrogens (tertiary/aromatic N) is 2. The predicted molar refractivity (Wildman–Crippen MR) is 99.2 cm³/mol. The van der Waals surface area contributed by atoms with Crippen molar-refractivity contribution < 1.29 is 9.53 Å². The topological polar surface area (TPSA) is 65.6 Å². The second-order valence-electron chi connectivity index (χ2n) is 7.27. The number of likely N-dealkylation sites (tertiary alicyclic amines) is 1. The van der Waals surface area contributed by atoms with Crippen LogP contribution in [0.15, 0.2) is 16.9 Å². The van der Waals surface area contributed by atoms with Crippen molar-refractivity contribution >= 4 is 5.91 Å². The predicted octanol–water partition coefficient (Wildman–Crippen LogP) is 1.93. The van der Waals surface area contributed by atoms with E-state index in [9.17, 15) is 9.59 Å². The number of nitrogens with one attached hydrogen (secondary N) is 1. The van der Waals surface area contributed by atoms with Gasteiger partial charge in [-0.2, -0.15) is 0 Å². The Kier molecular flexibility index (Phi) is 7.20. The summed E-state index contributed by atoms with van der Waals surface area (Å²) in [5, 5.41) is 0. The molecule has 140 valence electrons. The van der Waals surface area contributed by atoms with Gasteiger partial charge in [-0.3, -0.25) is 9.59 Å². The molecule has 1 amide bonds. The van der Waals surface area contributed by atoms with Crippen molar-refractivity contribution in [3.63, 3.8) is 0 Å². The number of ether oxygens (including phenoxy) is 1. The van der Waals surface area contributed by atoms with Crippen LogP contribution in [0.25, 0.3) is 0 Å². The van der Waals surface area contributed by atoms with Crippen LogP contribution in [0.1, 0.15) is 48.7 Å². The zero-order chi connectivity index (χ0) is 18.4. The first kappa shape index (κ1) is 19.7. The summed E-state index contributed by atoms with van der Waals surface area (Å²) in [4.78, 5) is 31.7.